The van der Waals surface area contributed by atoms with Crippen molar-refractivity contribution in [1.82, 2.24) is 20.2 Å². The number of aromatic amines is 1. The maximum atomic E-state index is 12.9. The van der Waals surface area contributed by atoms with Gasteiger partial charge in [0.25, 0.3) is 5.56 Å². The first-order chi connectivity index (χ1) is 15.5. The molecule has 0 radical (unpaired) electrons. The minimum absolute atomic E-state index is 0.0802. The second-order valence-corrected chi connectivity index (χ2v) is 11.0. The quantitative estimate of drug-likeness (QED) is 0.285. The number of hydrogen-bond acceptors (Lipinski definition) is 8. The van der Waals surface area contributed by atoms with Crippen molar-refractivity contribution >= 4 is 55.7 Å². The molecule has 10 heteroatoms. The van der Waals surface area contributed by atoms with Crippen molar-refractivity contribution in [1.29, 1.82) is 0 Å². The number of hydrogen-bond donors (Lipinski definition) is 1. The van der Waals surface area contributed by atoms with Crippen LogP contribution in [0.25, 0.3) is 21.3 Å². The van der Waals surface area contributed by atoms with E-state index in [1.807, 2.05) is 49.6 Å². The van der Waals surface area contributed by atoms with Crippen LogP contribution in [-0.4, -0.2) is 32.1 Å². The van der Waals surface area contributed by atoms with Crippen molar-refractivity contribution in [2.75, 3.05) is 4.90 Å². The molecule has 1 saturated carbocycles. The largest absolute Gasteiger partial charge is 0.309 e. The molecule has 0 saturated heterocycles. The molecular formula is C22H21N5O2S3. The molecule has 0 unspecified atom stereocenters. The number of thiophene rings is 1. The number of anilines is 1. The van der Waals surface area contributed by atoms with Gasteiger partial charge in [0.2, 0.25) is 11.0 Å². The molecule has 7 nitrogen and oxygen atoms in total. The Kier molecular flexibility index (Phi) is 5.83. The van der Waals surface area contributed by atoms with Crippen molar-refractivity contribution in [3.63, 3.8) is 0 Å². The summed E-state index contributed by atoms with van der Waals surface area (Å²) < 4.78 is 0.751. The molecule has 3 aromatic heterocycles. The topological polar surface area (TPSA) is 91.8 Å². The van der Waals surface area contributed by atoms with Crippen LogP contribution in [0.2, 0.25) is 0 Å². The van der Waals surface area contributed by atoms with Gasteiger partial charge in [-0.15, -0.1) is 21.5 Å². The SMILES string of the molecule is CCC(=O)N(c1nnc(S[C@@H](C)c2nc3scc(-c4ccccc4)c3c(=O)[nH]2)s1)C1CC1. The van der Waals surface area contributed by atoms with Crippen LogP contribution in [0.4, 0.5) is 5.13 Å². The number of nitrogens with zero attached hydrogens (tertiary/aromatic N) is 4. The first kappa shape index (κ1) is 21.3. The second-order valence-electron chi connectivity index (χ2n) is 7.61. The molecule has 1 atom stereocenters. The highest BCUT2D eigenvalue weighted by Crippen LogP contribution is 2.40. The minimum Gasteiger partial charge on any atom is -0.309 e. The summed E-state index contributed by atoms with van der Waals surface area (Å²) in [5.74, 6) is 0.686. The Bertz CT molecular complexity index is 1330. The zero-order valence-corrected chi connectivity index (χ0v) is 20.0. The lowest BCUT2D eigenvalue weighted by atomic mass is 10.1. The third-order valence-corrected chi connectivity index (χ3v) is 8.28. The van der Waals surface area contributed by atoms with Crippen LogP contribution in [0, 0.1) is 0 Å². The fraction of sp³-hybridized carbons (Fsp3) is 0.318. The standard InChI is InChI=1S/C22H21N5O2S3/c1-3-16(28)27(14-9-10-14)21-25-26-22(32-21)31-12(2)18-23-19(29)17-15(11-30-20(17)24-18)13-7-5-4-6-8-13/h4-8,11-12,14H,3,9-10H2,1-2H3,(H,23,24,29)/t12-/m0/s1. The molecule has 1 aliphatic carbocycles. The fourth-order valence-corrected chi connectivity index (χ4v) is 6.60. The van der Waals surface area contributed by atoms with Gasteiger partial charge >= 0.3 is 0 Å². The summed E-state index contributed by atoms with van der Waals surface area (Å²) in [5, 5.41) is 11.7. The number of fused-ring (bicyclic) bond motifs is 1. The number of carbonyl (C=O) groups is 1. The monoisotopic (exact) mass is 483 g/mol. The van der Waals surface area contributed by atoms with Crippen molar-refractivity contribution in [2.24, 2.45) is 0 Å². The Hall–Kier alpha value is -2.56. The van der Waals surface area contributed by atoms with E-state index in [4.69, 9.17) is 4.98 Å². The highest BCUT2D eigenvalue weighted by molar-refractivity contribution is 8.01. The summed E-state index contributed by atoms with van der Waals surface area (Å²) in [6.07, 6.45) is 2.48. The second kappa shape index (κ2) is 8.76. The van der Waals surface area contributed by atoms with Gasteiger partial charge < -0.3 is 4.98 Å². The molecule has 1 fully saturated rings. The highest BCUT2D eigenvalue weighted by Gasteiger charge is 2.35. The van der Waals surface area contributed by atoms with Gasteiger partial charge in [-0.2, -0.15) is 0 Å². The molecule has 4 aromatic rings. The lowest BCUT2D eigenvalue weighted by molar-refractivity contribution is -0.118. The van der Waals surface area contributed by atoms with E-state index in [-0.39, 0.29) is 22.8 Å². The lowest BCUT2D eigenvalue weighted by Gasteiger charge is -2.17. The predicted molar refractivity (Wildman–Crippen MR) is 131 cm³/mol. The normalized spacial score (nSPS) is 14.6. The van der Waals surface area contributed by atoms with E-state index in [0.29, 0.717) is 22.8 Å². The van der Waals surface area contributed by atoms with Crippen LogP contribution in [0.5, 0.6) is 0 Å². The Morgan fingerprint density at radius 1 is 1.28 bits per heavy atom. The van der Waals surface area contributed by atoms with Crippen molar-refractivity contribution < 1.29 is 4.79 Å². The zero-order chi connectivity index (χ0) is 22.2. The summed E-state index contributed by atoms with van der Waals surface area (Å²) in [5.41, 5.74) is 1.77. The third kappa shape index (κ3) is 4.10. The summed E-state index contributed by atoms with van der Waals surface area (Å²) in [7, 11) is 0. The van der Waals surface area contributed by atoms with Gasteiger partial charge in [0.05, 0.1) is 10.6 Å². The molecule has 0 aliphatic heterocycles. The van der Waals surface area contributed by atoms with Crippen LogP contribution in [-0.2, 0) is 4.79 Å². The molecule has 0 spiro atoms. The van der Waals surface area contributed by atoms with Crippen molar-refractivity contribution in [3.8, 4) is 11.1 Å². The number of benzene rings is 1. The zero-order valence-electron chi connectivity index (χ0n) is 17.6. The number of thioether (sulfide) groups is 1. The maximum Gasteiger partial charge on any atom is 0.260 e. The number of carbonyl (C=O) groups excluding carboxylic acids is 1. The number of nitrogens with one attached hydrogen (secondary N) is 1. The van der Waals surface area contributed by atoms with Gasteiger partial charge in [-0.05, 0) is 25.3 Å². The van der Waals surface area contributed by atoms with Crippen LogP contribution >= 0.6 is 34.4 Å². The summed E-state index contributed by atoms with van der Waals surface area (Å²) in [4.78, 5) is 35.5. The molecular weight excluding hydrogens is 462 g/mol. The average Bonchev–Trinajstić information content (AvgIpc) is 3.36. The predicted octanol–water partition coefficient (Wildman–Crippen LogP) is 5.26. The van der Waals surface area contributed by atoms with Gasteiger partial charge in [-0.3, -0.25) is 14.5 Å². The van der Waals surface area contributed by atoms with Gasteiger partial charge in [-0.25, -0.2) is 4.98 Å². The Balaban J connectivity index is 1.39. The Labute approximate surface area is 196 Å². The number of aromatic nitrogens is 4. The molecule has 1 aliphatic rings. The Morgan fingerprint density at radius 3 is 2.78 bits per heavy atom. The third-order valence-electron chi connectivity index (χ3n) is 5.29. The molecule has 5 rings (SSSR count). The molecule has 0 bridgehead atoms. The first-order valence-electron chi connectivity index (χ1n) is 10.4. The molecule has 3 heterocycles. The average molecular weight is 484 g/mol. The van der Waals surface area contributed by atoms with E-state index in [1.54, 1.807) is 4.90 Å². The van der Waals surface area contributed by atoms with E-state index in [1.165, 1.54) is 34.4 Å². The van der Waals surface area contributed by atoms with Crippen LogP contribution in [0.15, 0.2) is 44.8 Å². The van der Waals surface area contributed by atoms with E-state index in [2.05, 4.69) is 15.2 Å². The molecule has 32 heavy (non-hydrogen) atoms. The van der Waals surface area contributed by atoms with Crippen molar-refractivity contribution in [3.05, 3.63) is 51.9 Å². The molecule has 1 N–H and O–H groups in total. The smallest absolute Gasteiger partial charge is 0.260 e. The number of H-pyrrole nitrogens is 1. The van der Waals surface area contributed by atoms with E-state index >= 15 is 0 Å². The van der Waals surface area contributed by atoms with E-state index < -0.39 is 0 Å². The Morgan fingerprint density at radius 2 is 2.06 bits per heavy atom. The van der Waals surface area contributed by atoms with Crippen LogP contribution < -0.4 is 10.5 Å². The molecule has 164 valence electrons. The minimum atomic E-state index is -0.135. The van der Waals surface area contributed by atoms with Crippen LogP contribution in [0.3, 0.4) is 0 Å². The molecule has 1 amide bonds. The van der Waals surface area contributed by atoms with Crippen molar-refractivity contribution in [2.45, 2.75) is 48.7 Å². The fourth-order valence-electron chi connectivity index (χ4n) is 3.51. The first-order valence-corrected chi connectivity index (χ1v) is 13.0. The van der Waals surface area contributed by atoms with E-state index in [0.717, 1.165) is 33.1 Å². The number of amides is 1. The van der Waals surface area contributed by atoms with E-state index in [9.17, 15) is 9.59 Å². The summed E-state index contributed by atoms with van der Waals surface area (Å²) >= 11 is 4.37. The van der Waals surface area contributed by atoms with Crippen LogP contribution in [0.1, 0.15) is 44.2 Å². The highest BCUT2D eigenvalue weighted by atomic mass is 32.2. The van der Waals surface area contributed by atoms with Gasteiger partial charge in [-0.1, -0.05) is 60.4 Å². The van der Waals surface area contributed by atoms with Gasteiger partial charge in [0.1, 0.15) is 10.7 Å². The maximum absolute atomic E-state index is 12.9. The lowest BCUT2D eigenvalue weighted by Crippen LogP contribution is -2.32. The van der Waals surface area contributed by atoms with Gasteiger partial charge in [0.15, 0.2) is 4.34 Å². The van der Waals surface area contributed by atoms with Gasteiger partial charge in [0, 0.05) is 23.4 Å². The summed E-state index contributed by atoms with van der Waals surface area (Å²) in [6, 6.07) is 10.1. The number of rotatable bonds is 7. The molecule has 1 aromatic carbocycles. The summed E-state index contributed by atoms with van der Waals surface area (Å²) in [6.45, 7) is 3.85.